The number of ether oxygens (including phenoxy) is 1. The average Bonchev–Trinajstić information content (AvgIpc) is 2.91. The molecule has 2 aliphatic rings. The van der Waals surface area contributed by atoms with Gasteiger partial charge in [0.25, 0.3) is 0 Å². The Balaban J connectivity index is 1.63. The number of carbonyl (C=O) groups is 2. The van der Waals surface area contributed by atoms with E-state index in [-0.39, 0.29) is 24.3 Å². The fourth-order valence-corrected chi connectivity index (χ4v) is 2.58. The summed E-state index contributed by atoms with van der Waals surface area (Å²) in [7, 11) is 0. The molecule has 0 aromatic carbocycles. The SMILES string of the molecule is O=C(CNC(=O)C1CCOC1)NC1CCCCC1. The topological polar surface area (TPSA) is 67.4 Å². The van der Waals surface area contributed by atoms with E-state index in [2.05, 4.69) is 10.6 Å². The van der Waals surface area contributed by atoms with Crippen LogP contribution in [0.5, 0.6) is 0 Å². The first-order valence-corrected chi connectivity index (χ1v) is 6.90. The van der Waals surface area contributed by atoms with Crippen LogP contribution in [0.25, 0.3) is 0 Å². The summed E-state index contributed by atoms with van der Waals surface area (Å²) in [6.45, 7) is 1.22. The van der Waals surface area contributed by atoms with E-state index in [1.165, 1.54) is 19.3 Å². The van der Waals surface area contributed by atoms with Crippen LogP contribution >= 0.6 is 0 Å². The first-order chi connectivity index (χ1) is 8.75. The van der Waals surface area contributed by atoms with Gasteiger partial charge in [0.2, 0.25) is 11.8 Å². The van der Waals surface area contributed by atoms with Crippen molar-refractivity contribution in [3.05, 3.63) is 0 Å². The van der Waals surface area contributed by atoms with Crippen molar-refractivity contribution in [3.8, 4) is 0 Å². The molecule has 0 spiro atoms. The molecule has 2 fully saturated rings. The fraction of sp³-hybridized carbons (Fsp3) is 0.846. The van der Waals surface area contributed by atoms with E-state index in [0.717, 1.165) is 19.3 Å². The summed E-state index contributed by atoms with van der Waals surface area (Å²) in [6.07, 6.45) is 6.54. The Kier molecular flexibility index (Phi) is 4.99. The zero-order valence-corrected chi connectivity index (χ0v) is 10.7. The predicted octanol–water partition coefficient (Wildman–Crippen LogP) is 0.588. The van der Waals surface area contributed by atoms with Crippen molar-refractivity contribution in [2.24, 2.45) is 5.92 Å². The highest BCUT2D eigenvalue weighted by Gasteiger charge is 2.24. The van der Waals surface area contributed by atoms with Crippen molar-refractivity contribution in [2.75, 3.05) is 19.8 Å². The van der Waals surface area contributed by atoms with Gasteiger partial charge in [0.05, 0.1) is 19.1 Å². The molecule has 5 heteroatoms. The van der Waals surface area contributed by atoms with Crippen molar-refractivity contribution < 1.29 is 14.3 Å². The molecule has 5 nitrogen and oxygen atoms in total. The second-order valence-corrected chi connectivity index (χ2v) is 5.18. The van der Waals surface area contributed by atoms with Gasteiger partial charge in [-0.3, -0.25) is 9.59 Å². The van der Waals surface area contributed by atoms with Gasteiger partial charge in [0.1, 0.15) is 0 Å². The number of amides is 2. The lowest BCUT2D eigenvalue weighted by Gasteiger charge is -2.22. The van der Waals surface area contributed by atoms with Crippen molar-refractivity contribution in [3.63, 3.8) is 0 Å². The minimum absolute atomic E-state index is 0.0636. The van der Waals surface area contributed by atoms with E-state index in [1.807, 2.05) is 0 Å². The Morgan fingerprint density at radius 1 is 1.11 bits per heavy atom. The molecular formula is C13H22N2O3. The summed E-state index contributed by atoms with van der Waals surface area (Å²) in [4.78, 5) is 23.3. The van der Waals surface area contributed by atoms with Gasteiger partial charge in [-0.25, -0.2) is 0 Å². The van der Waals surface area contributed by atoms with Crippen molar-refractivity contribution in [1.29, 1.82) is 0 Å². The van der Waals surface area contributed by atoms with Crippen molar-refractivity contribution >= 4 is 11.8 Å². The zero-order valence-electron chi connectivity index (χ0n) is 10.7. The van der Waals surface area contributed by atoms with Gasteiger partial charge < -0.3 is 15.4 Å². The quantitative estimate of drug-likeness (QED) is 0.771. The van der Waals surface area contributed by atoms with Gasteiger partial charge in [-0.2, -0.15) is 0 Å². The van der Waals surface area contributed by atoms with E-state index in [4.69, 9.17) is 4.74 Å². The first kappa shape index (κ1) is 13.3. The van der Waals surface area contributed by atoms with Gasteiger partial charge >= 0.3 is 0 Å². The second-order valence-electron chi connectivity index (χ2n) is 5.18. The first-order valence-electron chi connectivity index (χ1n) is 6.90. The molecule has 102 valence electrons. The average molecular weight is 254 g/mol. The summed E-state index contributed by atoms with van der Waals surface area (Å²) < 4.78 is 5.15. The fourth-order valence-electron chi connectivity index (χ4n) is 2.58. The van der Waals surface area contributed by atoms with Gasteiger partial charge in [-0.05, 0) is 19.3 Å². The lowest BCUT2D eigenvalue weighted by atomic mass is 9.95. The van der Waals surface area contributed by atoms with Gasteiger partial charge in [0, 0.05) is 12.6 Å². The van der Waals surface area contributed by atoms with Gasteiger partial charge in [0.15, 0.2) is 0 Å². The van der Waals surface area contributed by atoms with Crippen LogP contribution in [0.4, 0.5) is 0 Å². The Labute approximate surface area is 108 Å². The Morgan fingerprint density at radius 3 is 2.56 bits per heavy atom. The Hall–Kier alpha value is -1.10. The monoisotopic (exact) mass is 254 g/mol. The molecule has 1 saturated carbocycles. The van der Waals surface area contributed by atoms with Crippen molar-refractivity contribution in [1.82, 2.24) is 10.6 Å². The molecule has 0 radical (unpaired) electrons. The Bertz CT molecular complexity index is 295. The van der Waals surface area contributed by atoms with E-state index >= 15 is 0 Å². The van der Waals surface area contributed by atoms with Crippen molar-refractivity contribution in [2.45, 2.75) is 44.6 Å². The molecular weight excluding hydrogens is 232 g/mol. The van der Waals surface area contributed by atoms with E-state index in [9.17, 15) is 9.59 Å². The third-order valence-corrected chi connectivity index (χ3v) is 3.69. The molecule has 1 saturated heterocycles. The second kappa shape index (κ2) is 6.73. The molecule has 0 bridgehead atoms. The van der Waals surface area contributed by atoms with E-state index in [1.54, 1.807) is 0 Å². The molecule has 1 atom stereocenters. The zero-order chi connectivity index (χ0) is 12.8. The molecule has 2 amide bonds. The molecule has 1 heterocycles. The molecule has 2 N–H and O–H groups in total. The molecule has 1 aliphatic carbocycles. The largest absolute Gasteiger partial charge is 0.381 e. The van der Waals surface area contributed by atoms with E-state index in [0.29, 0.717) is 19.3 Å². The highest BCUT2D eigenvalue weighted by atomic mass is 16.5. The maximum absolute atomic E-state index is 11.7. The van der Waals surface area contributed by atoms with Gasteiger partial charge in [-0.1, -0.05) is 19.3 Å². The molecule has 1 unspecified atom stereocenters. The lowest BCUT2D eigenvalue weighted by molar-refractivity contribution is -0.128. The minimum atomic E-state index is -0.0764. The molecule has 2 rings (SSSR count). The third kappa shape index (κ3) is 3.98. The van der Waals surface area contributed by atoms with Crippen LogP contribution in [0, 0.1) is 5.92 Å². The number of hydrogen-bond donors (Lipinski definition) is 2. The predicted molar refractivity (Wildman–Crippen MR) is 67.0 cm³/mol. The highest BCUT2D eigenvalue weighted by molar-refractivity contribution is 5.86. The summed E-state index contributed by atoms with van der Waals surface area (Å²) in [5, 5.41) is 5.66. The smallest absolute Gasteiger partial charge is 0.239 e. The van der Waals surface area contributed by atoms with Crippen LogP contribution in [-0.4, -0.2) is 37.6 Å². The summed E-state index contributed by atoms with van der Waals surface area (Å²) >= 11 is 0. The van der Waals surface area contributed by atoms with Gasteiger partial charge in [-0.15, -0.1) is 0 Å². The van der Waals surface area contributed by atoms with Crippen LogP contribution in [-0.2, 0) is 14.3 Å². The number of rotatable bonds is 4. The van der Waals surface area contributed by atoms with Crippen LogP contribution in [0.2, 0.25) is 0 Å². The summed E-state index contributed by atoms with van der Waals surface area (Å²) in [5.41, 5.74) is 0. The number of carbonyl (C=O) groups excluding carboxylic acids is 2. The molecule has 18 heavy (non-hydrogen) atoms. The highest BCUT2D eigenvalue weighted by Crippen LogP contribution is 2.17. The summed E-state index contributed by atoms with van der Waals surface area (Å²) in [5.74, 6) is -0.215. The standard InChI is InChI=1S/C13H22N2O3/c16-12(15-11-4-2-1-3-5-11)8-14-13(17)10-6-7-18-9-10/h10-11H,1-9H2,(H,14,17)(H,15,16). The maximum Gasteiger partial charge on any atom is 0.239 e. The number of hydrogen-bond acceptors (Lipinski definition) is 3. The maximum atomic E-state index is 11.7. The molecule has 1 aliphatic heterocycles. The van der Waals surface area contributed by atoms with Crippen LogP contribution in [0.1, 0.15) is 38.5 Å². The lowest BCUT2D eigenvalue weighted by Crippen LogP contribution is -2.44. The number of nitrogens with one attached hydrogen (secondary N) is 2. The third-order valence-electron chi connectivity index (χ3n) is 3.69. The molecule has 0 aromatic rings. The summed E-state index contributed by atoms with van der Waals surface area (Å²) in [6, 6.07) is 0.304. The molecule has 0 aromatic heterocycles. The van der Waals surface area contributed by atoms with Crippen LogP contribution in [0.15, 0.2) is 0 Å². The van der Waals surface area contributed by atoms with E-state index < -0.39 is 0 Å². The Morgan fingerprint density at radius 2 is 1.89 bits per heavy atom. The minimum Gasteiger partial charge on any atom is -0.381 e. The van der Waals surface area contributed by atoms with Crippen LogP contribution in [0.3, 0.4) is 0 Å². The van der Waals surface area contributed by atoms with Crippen LogP contribution < -0.4 is 10.6 Å². The normalized spacial score (nSPS) is 24.8.